The average Bonchev–Trinajstić information content (AvgIpc) is 3.11. The van der Waals surface area contributed by atoms with Crippen LogP contribution in [0.15, 0.2) is 26.1 Å². The van der Waals surface area contributed by atoms with E-state index in [1.807, 2.05) is 0 Å². The van der Waals surface area contributed by atoms with Gasteiger partial charge in [0.15, 0.2) is 0 Å². The van der Waals surface area contributed by atoms with Crippen LogP contribution in [0.5, 0.6) is 0 Å². The van der Waals surface area contributed by atoms with Crippen LogP contribution < -0.4 is 10.0 Å². The van der Waals surface area contributed by atoms with Gasteiger partial charge in [-0.25, -0.2) is 13.1 Å². The number of nitrogens with one attached hydrogen (secondary N) is 2. The van der Waals surface area contributed by atoms with Gasteiger partial charge in [-0.2, -0.15) is 0 Å². The van der Waals surface area contributed by atoms with Gasteiger partial charge in [-0.1, -0.05) is 11.2 Å². The Morgan fingerprint density at radius 3 is 3.05 bits per heavy atom. The van der Waals surface area contributed by atoms with Crippen molar-refractivity contribution < 1.29 is 12.8 Å². The number of hydrogen-bond acceptors (Lipinski definition) is 7. The second kappa shape index (κ2) is 4.91. The van der Waals surface area contributed by atoms with Crippen LogP contribution in [0, 0.1) is 0 Å². The van der Waals surface area contributed by atoms with E-state index < -0.39 is 10.0 Å². The molecule has 3 rings (SSSR count). The summed E-state index contributed by atoms with van der Waals surface area (Å²) in [7, 11) is -3.63. The molecule has 0 bridgehead atoms. The van der Waals surface area contributed by atoms with Crippen LogP contribution in [-0.2, 0) is 10.0 Å². The highest BCUT2D eigenvalue weighted by Crippen LogP contribution is 2.24. The van der Waals surface area contributed by atoms with Gasteiger partial charge in [-0.05, 0) is 30.8 Å². The normalized spacial score (nSPS) is 19.7. The standard InChI is InChI=1S/C10H12N4O3S2/c15-19(16,8-4-2-6-18-8)14-10-13-12-9(17-10)7-3-1-5-11-7/h2,4,6-7,11H,1,3,5H2,(H,13,14). The molecule has 9 heteroatoms. The molecule has 0 radical (unpaired) electrons. The second-order valence-electron chi connectivity index (χ2n) is 4.13. The molecule has 1 aliphatic rings. The van der Waals surface area contributed by atoms with Gasteiger partial charge in [0, 0.05) is 0 Å². The first-order valence-electron chi connectivity index (χ1n) is 5.78. The van der Waals surface area contributed by atoms with Crippen molar-refractivity contribution in [2.45, 2.75) is 23.1 Å². The molecule has 2 aromatic heterocycles. The Balaban J connectivity index is 1.77. The topological polar surface area (TPSA) is 97.1 Å². The van der Waals surface area contributed by atoms with Gasteiger partial charge in [-0.3, -0.25) is 0 Å². The fourth-order valence-electron chi connectivity index (χ4n) is 1.89. The fourth-order valence-corrected chi connectivity index (χ4v) is 3.81. The van der Waals surface area contributed by atoms with E-state index in [2.05, 4.69) is 20.2 Å². The molecule has 1 atom stereocenters. The van der Waals surface area contributed by atoms with Crippen LogP contribution >= 0.6 is 11.3 Å². The summed E-state index contributed by atoms with van der Waals surface area (Å²) < 4.78 is 31.7. The largest absolute Gasteiger partial charge is 0.406 e. The van der Waals surface area contributed by atoms with Gasteiger partial charge in [0.25, 0.3) is 10.0 Å². The lowest BCUT2D eigenvalue weighted by molar-refractivity contribution is 0.439. The molecule has 1 aliphatic heterocycles. The minimum Gasteiger partial charge on any atom is -0.406 e. The lowest BCUT2D eigenvalue weighted by Crippen LogP contribution is -2.13. The van der Waals surface area contributed by atoms with Crippen LogP contribution in [0.4, 0.5) is 6.01 Å². The highest BCUT2D eigenvalue weighted by atomic mass is 32.2. The zero-order valence-electron chi connectivity index (χ0n) is 9.87. The molecule has 1 unspecified atom stereocenters. The van der Waals surface area contributed by atoms with Crippen LogP contribution in [0.2, 0.25) is 0 Å². The van der Waals surface area contributed by atoms with E-state index in [1.165, 1.54) is 6.07 Å². The summed E-state index contributed by atoms with van der Waals surface area (Å²) in [6.45, 7) is 0.906. The average molecular weight is 300 g/mol. The van der Waals surface area contributed by atoms with Crippen molar-refractivity contribution in [1.29, 1.82) is 0 Å². The number of thiophene rings is 1. The maximum absolute atomic E-state index is 11.9. The van der Waals surface area contributed by atoms with E-state index in [4.69, 9.17) is 4.42 Å². The first kappa shape index (κ1) is 12.6. The van der Waals surface area contributed by atoms with Crippen molar-refractivity contribution >= 4 is 27.4 Å². The predicted molar refractivity (Wildman–Crippen MR) is 69.4 cm³/mol. The zero-order chi connectivity index (χ0) is 13.3. The van der Waals surface area contributed by atoms with Crippen LogP contribution in [0.1, 0.15) is 24.8 Å². The van der Waals surface area contributed by atoms with E-state index >= 15 is 0 Å². The summed E-state index contributed by atoms with van der Waals surface area (Å²) in [4.78, 5) is 0. The first-order valence-corrected chi connectivity index (χ1v) is 8.14. The van der Waals surface area contributed by atoms with Crippen molar-refractivity contribution in [1.82, 2.24) is 15.5 Å². The van der Waals surface area contributed by atoms with Crippen LogP contribution in [0.3, 0.4) is 0 Å². The summed E-state index contributed by atoms with van der Waals surface area (Å²) in [5.74, 6) is 0.418. The molecule has 0 saturated carbocycles. The molecular formula is C10H12N4O3S2. The van der Waals surface area contributed by atoms with Crippen LogP contribution in [0.25, 0.3) is 0 Å². The van der Waals surface area contributed by atoms with Crippen molar-refractivity contribution in [2.24, 2.45) is 0 Å². The summed E-state index contributed by atoms with van der Waals surface area (Å²) >= 11 is 1.13. The third kappa shape index (κ3) is 2.62. The van der Waals surface area contributed by atoms with Gasteiger partial charge < -0.3 is 9.73 Å². The van der Waals surface area contributed by atoms with Crippen molar-refractivity contribution in [3.8, 4) is 0 Å². The molecule has 7 nitrogen and oxygen atoms in total. The molecule has 1 saturated heterocycles. The highest BCUT2D eigenvalue weighted by molar-refractivity contribution is 7.94. The summed E-state index contributed by atoms with van der Waals surface area (Å²) in [5.41, 5.74) is 0. The molecule has 0 spiro atoms. The van der Waals surface area contributed by atoms with Gasteiger partial charge in [0.2, 0.25) is 5.89 Å². The Labute approximate surface area is 114 Å². The van der Waals surface area contributed by atoms with Crippen LogP contribution in [-0.4, -0.2) is 25.2 Å². The Bertz CT molecular complexity index is 644. The maximum atomic E-state index is 11.9. The molecular weight excluding hydrogens is 288 g/mol. The molecule has 0 aromatic carbocycles. The van der Waals surface area contributed by atoms with Gasteiger partial charge in [0.1, 0.15) is 4.21 Å². The van der Waals surface area contributed by atoms with E-state index in [0.29, 0.717) is 5.89 Å². The first-order chi connectivity index (χ1) is 9.15. The van der Waals surface area contributed by atoms with E-state index in [0.717, 1.165) is 30.7 Å². The lowest BCUT2D eigenvalue weighted by atomic mass is 10.2. The monoisotopic (exact) mass is 300 g/mol. The summed E-state index contributed by atoms with van der Waals surface area (Å²) in [6, 6.07) is 3.11. The molecule has 1 fully saturated rings. The molecule has 3 heterocycles. The number of nitrogens with zero attached hydrogens (tertiary/aromatic N) is 2. The Hall–Kier alpha value is -1.45. The highest BCUT2D eigenvalue weighted by Gasteiger charge is 2.24. The summed E-state index contributed by atoms with van der Waals surface area (Å²) in [6.07, 6.45) is 1.96. The Morgan fingerprint density at radius 1 is 1.47 bits per heavy atom. The van der Waals surface area contributed by atoms with E-state index in [1.54, 1.807) is 11.4 Å². The number of aromatic nitrogens is 2. The second-order valence-corrected chi connectivity index (χ2v) is 6.99. The maximum Gasteiger partial charge on any atom is 0.329 e. The van der Waals surface area contributed by atoms with Crippen molar-refractivity contribution in [3.05, 3.63) is 23.4 Å². The molecule has 2 aromatic rings. The van der Waals surface area contributed by atoms with E-state index in [9.17, 15) is 8.42 Å². The Kier molecular flexibility index (Phi) is 3.25. The number of rotatable bonds is 4. The minimum atomic E-state index is -3.63. The van der Waals surface area contributed by atoms with Gasteiger partial charge in [0.05, 0.1) is 6.04 Å². The van der Waals surface area contributed by atoms with Crippen molar-refractivity contribution in [2.75, 3.05) is 11.3 Å². The van der Waals surface area contributed by atoms with E-state index in [-0.39, 0.29) is 16.3 Å². The number of sulfonamides is 1. The fraction of sp³-hybridized carbons (Fsp3) is 0.400. The number of anilines is 1. The zero-order valence-corrected chi connectivity index (χ0v) is 11.5. The number of hydrogen-bond donors (Lipinski definition) is 2. The molecule has 19 heavy (non-hydrogen) atoms. The predicted octanol–water partition coefficient (Wildman–Crippen LogP) is 1.36. The summed E-state index contributed by atoms with van der Waals surface area (Å²) in [5, 5.41) is 12.5. The molecule has 2 N–H and O–H groups in total. The SMILES string of the molecule is O=S(=O)(Nc1nnc(C2CCCN2)o1)c1cccs1. The van der Waals surface area contributed by atoms with Crippen molar-refractivity contribution in [3.63, 3.8) is 0 Å². The van der Waals surface area contributed by atoms with Gasteiger partial charge in [-0.15, -0.1) is 16.4 Å². The minimum absolute atomic E-state index is 0.0208. The quantitative estimate of drug-likeness (QED) is 0.884. The molecule has 0 amide bonds. The lowest BCUT2D eigenvalue weighted by Gasteiger charge is -2.03. The third-order valence-electron chi connectivity index (χ3n) is 2.78. The molecule has 102 valence electrons. The molecule has 0 aliphatic carbocycles. The third-order valence-corrected chi connectivity index (χ3v) is 5.50. The Morgan fingerprint density at radius 2 is 2.37 bits per heavy atom. The smallest absolute Gasteiger partial charge is 0.329 e. The van der Waals surface area contributed by atoms with Gasteiger partial charge >= 0.3 is 6.01 Å².